The van der Waals surface area contributed by atoms with E-state index in [1.165, 1.54) is 31.1 Å². The number of benzene rings is 1. The number of alkyl carbamates (subject to hydrolysis) is 1. The third-order valence-corrected chi connectivity index (χ3v) is 13.2. The molecule has 5 N–H and O–H groups in total. The molecule has 0 aromatic heterocycles. The Kier molecular flexibility index (Phi) is 15.6. The molecule has 4 saturated heterocycles. The summed E-state index contributed by atoms with van der Waals surface area (Å²) in [5.74, 6) is -5.14. The zero-order valence-corrected chi connectivity index (χ0v) is 37.4. The van der Waals surface area contributed by atoms with Crippen molar-refractivity contribution in [3.05, 3.63) is 42.0 Å². The molecular formula is C44H67FN5O11+. The van der Waals surface area contributed by atoms with E-state index in [0.29, 0.717) is 38.2 Å². The van der Waals surface area contributed by atoms with E-state index in [0.717, 1.165) is 12.1 Å². The minimum absolute atomic E-state index is 0.0407. The van der Waals surface area contributed by atoms with Gasteiger partial charge >= 0.3 is 18.2 Å². The molecule has 340 valence electrons. The number of carbonyl (C=O) groups excluding carboxylic acids is 5. The Morgan fingerprint density at radius 3 is 2.46 bits per heavy atom. The number of nitrogens with one attached hydrogen (secondary N) is 2. The van der Waals surface area contributed by atoms with Crippen LogP contribution in [-0.4, -0.2) is 122 Å². The number of fused-ring (bicyclic) bond motifs is 1. The second-order valence-corrected chi connectivity index (χ2v) is 17.9. The van der Waals surface area contributed by atoms with Gasteiger partial charge in [0.2, 0.25) is 0 Å². The van der Waals surface area contributed by atoms with Gasteiger partial charge < -0.3 is 49.7 Å². The van der Waals surface area contributed by atoms with Gasteiger partial charge in [0.15, 0.2) is 17.7 Å². The van der Waals surface area contributed by atoms with Crippen LogP contribution in [0.2, 0.25) is 0 Å². The Morgan fingerprint density at radius 1 is 1.07 bits per heavy atom. The van der Waals surface area contributed by atoms with Crippen molar-refractivity contribution >= 4 is 35.4 Å². The first-order chi connectivity index (χ1) is 28.7. The van der Waals surface area contributed by atoms with Crippen LogP contribution >= 0.6 is 0 Å². The zero-order chi connectivity index (χ0) is 45.0. The first kappa shape index (κ1) is 47.9. The van der Waals surface area contributed by atoms with Crippen LogP contribution in [0.4, 0.5) is 19.7 Å². The van der Waals surface area contributed by atoms with Crippen LogP contribution in [0.5, 0.6) is 0 Å². The zero-order valence-electron chi connectivity index (χ0n) is 37.4. The number of amides is 2. The lowest BCUT2D eigenvalue weighted by Crippen LogP contribution is -2.58. The largest absolute Gasteiger partial charge is 0.458 e. The first-order valence-electron chi connectivity index (χ1n) is 21.5. The summed E-state index contributed by atoms with van der Waals surface area (Å²) < 4.78 is 50.2. The summed E-state index contributed by atoms with van der Waals surface area (Å²) in [5, 5.41) is 6.00. The monoisotopic (exact) mass is 860 g/mol. The lowest BCUT2D eigenvalue weighted by atomic mass is 9.73. The second kappa shape index (κ2) is 19.9. The van der Waals surface area contributed by atoms with Crippen LogP contribution in [0.25, 0.3) is 0 Å². The average Bonchev–Trinajstić information content (AvgIpc) is 3.75. The molecule has 61 heavy (non-hydrogen) atoms. The normalized spacial score (nSPS) is 36.8. The van der Waals surface area contributed by atoms with Gasteiger partial charge in [0, 0.05) is 50.3 Å². The average molecular weight is 861 g/mol. The Balaban J connectivity index is 1.26. The van der Waals surface area contributed by atoms with E-state index in [4.69, 9.17) is 28.4 Å². The van der Waals surface area contributed by atoms with Crippen LogP contribution in [0, 0.1) is 29.5 Å². The predicted molar refractivity (Wildman–Crippen MR) is 221 cm³/mol. The standard InChI is InChI=1S/C44H66FN5O11/c1-11-34-44(8)38(48-41(54)61-44)26(4)36(51)24(2)20-43(7,56-10)39(27(5)37(52)28(6)40(53)59-34)60-35-19-32(17-25(3)57-35)49(9)16-15-30(46)21-47-22-33-23-50(42(55)58-33)31-14-12-13-29(45)18-31/h12-14,18,21,24-28,32-35,38-39,47H,11,15-17,19-20,22-23,46H2,1-10H3,(H,48,54)/p+1/b30-21-/t24-,25-,26-,27+,28-,32+,33+,34-,35+,38-,39-,43-,44-/m1/s1. The van der Waals surface area contributed by atoms with E-state index in [9.17, 15) is 28.4 Å². The molecule has 16 nitrogen and oxygen atoms in total. The minimum Gasteiger partial charge on any atom is -0.458 e. The summed E-state index contributed by atoms with van der Waals surface area (Å²) >= 11 is 0. The van der Waals surface area contributed by atoms with Crippen LogP contribution in [0.15, 0.2) is 36.2 Å². The van der Waals surface area contributed by atoms with Crippen LogP contribution in [0.3, 0.4) is 0 Å². The topological polar surface area (TPSA) is 199 Å². The molecule has 4 heterocycles. The van der Waals surface area contributed by atoms with Gasteiger partial charge in [-0.15, -0.1) is 0 Å². The highest BCUT2D eigenvalue weighted by Gasteiger charge is 2.57. The highest BCUT2D eigenvalue weighted by molar-refractivity contribution is 6.00. The SMILES string of the molecule is CC[C@H]1OC(=O)[C@H](C)C(=O)[C@H](C)[C@@H](O[C@H]2C[C@@H](N(C)CC/C([NH3+])=C/NC[C@H]3CN(c4cccc(F)c4)C(=O)O3)C[C@@H](C)O2)[C@](C)(OC)C[C@@H](C)C(=O)[C@@H](C)[C@H]2NC(=O)O[C@@]21C. The number of nitrogens with zero attached hydrogens (tertiary/aromatic N) is 2. The molecule has 0 radical (unpaired) electrons. The molecule has 5 rings (SSSR count). The fourth-order valence-corrected chi connectivity index (χ4v) is 9.46. The number of cyclic esters (lactones) is 2. The maximum absolute atomic E-state index is 14.3. The number of halogens is 1. The van der Waals surface area contributed by atoms with Gasteiger partial charge in [0.05, 0.1) is 48.8 Å². The molecule has 0 saturated carbocycles. The third-order valence-electron chi connectivity index (χ3n) is 13.2. The maximum Gasteiger partial charge on any atom is 0.414 e. The van der Waals surface area contributed by atoms with Gasteiger partial charge in [-0.3, -0.25) is 19.3 Å². The van der Waals surface area contributed by atoms with Gasteiger partial charge in [0.1, 0.15) is 35.4 Å². The van der Waals surface area contributed by atoms with Crippen molar-refractivity contribution < 1.29 is 62.5 Å². The van der Waals surface area contributed by atoms with E-state index in [1.807, 2.05) is 27.1 Å². The molecule has 17 heteroatoms. The fourth-order valence-electron chi connectivity index (χ4n) is 9.46. The summed E-state index contributed by atoms with van der Waals surface area (Å²) in [4.78, 5) is 70.9. The van der Waals surface area contributed by atoms with Gasteiger partial charge in [-0.25, -0.2) is 14.0 Å². The summed E-state index contributed by atoms with van der Waals surface area (Å²) in [5.41, 5.74) is 2.95. The van der Waals surface area contributed by atoms with E-state index < -0.39 is 95.3 Å². The highest BCUT2D eigenvalue weighted by atomic mass is 19.1. The number of hydrogen-bond acceptors (Lipinski definition) is 13. The second-order valence-electron chi connectivity index (χ2n) is 17.9. The first-order valence-corrected chi connectivity index (χ1v) is 21.5. The number of ether oxygens (including phenoxy) is 6. The smallest absolute Gasteiger partial charge is 0.414 e. The Labute approximate surface area is 358 Å². The Hall–Kier alpha value is -4.16. The van der Waals surface area contributed by atoms with Crippen molar-refractivity contribution in [2.75, 3.05) is 38.7 Å². The molecule has 4 aliphatic rings. The maximum atomic E-state index is 14.3. The molecule has 2 amide bonds. The lowest BCUT2D eigenvalue weighted by molar-refractivity contribution is -0.308. The van der Waals surface area contributed by atoms with Gasteiger partial charge in [-0.2, -0.15) is 0 Å². The number of carbonyl (C=O) groups is 5. The lowest BCUT2D eigenvalue weighted by Gasteiger charge is -2.45. The molecule has 1 aromatic carbocycles. The molecule has 0 bridgehead atoms. The van der Waals surface area contributed by atoms with Gasteiger partial charge in [-0.1, -0.05) is 33.8 Å². The molecule has 0 aliphatic carbocycles. The van der Waals surface area contributed by atoms with Crippen molar-refractivity contribution in [1.82, 2.24) is 15.5 Å². The molecule has 1 aromatic rings. The number of quaternary nitrogens is 1. The quantitative estimate of drug-likeness (QED) is 0.154. The number of rotatable bonds is 12. The summed E-state index contributed by atoms with van der Waals surface area (Å²) in [6, 6.07) is 5.08. The predicted octanol–water partition coefficient (Wildman–Crippen LogP) is 4.10. The number of Topliss-reactive ketones (excluding diaryl/α,β-unsaturated/α-hetero) is 2. The molecule has 0 unspecified atom stereocenters. The number of hydrogen-bond donors (Lipinski definition) is 3. The van der Waals surface area contributed by atoms with E-state index in [2.05, 4.69) is 21.3 Å². The molecule has 13 atom stereocenters. The minimum atomic E-state index is -1.35. The van der Waals surface area contributed by atoms with Crippen LogP contribution < -0.4 is 21.3 Å². The number of anilines is 1. The van der Waals surface area contributed by atoms with E-state index in [-0.39, 0.29) is 30.8 Å². The number of ketones is 2. The van der Waals surface area contributed by atoms with Crippen molar-refractivity contribution in [3.8, 4) is 0 Å². The van der Waals surface area contributed by atoms with Crippen molar-refractivity contribution in [1.29, 1.82) is 0 Å². The Bertz CT molecular complexity index is 1800. The molecule has 4 fully saturated rings. The van der Waals surface area contributed by atoms with Gasteiger partial charge in [0.25, 0.3) is 0 Å². The number of esters is 1. The molecule has 4 aliphatic heterocycles. The van der Waals surface area contributed by atoms with Crippen LogP contribution in [-0.2, 0) is 42.8 Å². The van der Waals surface area contributed by atoms with Crippen molar-refractivity contribution in [2.45, 2.75) is 141 Å². The fraction of sp³-hybridized carbons (Fsp3) is 0.705. The van der Waals surface area contributed by atoms with E-state index >= 15 is 0 Å². The Morgan fingerprint density at radius 2 is 1.79 bits per heavy atom. The summed E-state index contributed by atoms with van der Waals surface area (Å²) in [7, 11) is 3.55. The van der Waals surface area contributed by atoms with Crippen molar-refractivity contribution in [2.24, 2.45) is 23.7 Å². The van der Waals surface area contributed by atoms with Crippen molar-refractivity contribution in [3.63, 3.8) is 0 Å². The van der Waals surface area contributed by atoms with E-state index in [1.54, 1.807) is 46.8 Å². The molecule has 0 spiro atoms. The summed E-state index contributed by atoms with van der Waals surface area (Å²) in [6.45, 7) is 15.3. The van der Waals surface area contributed by atoms with Crippen LogP contribution in [0.1, 0.15) is 87.5 Å². The molecular weight excluding hydrogens is 794 g/mol. The summed E-state index contributed by atoms with van der Waals surface area (Å²) in [6.07, 6.45) is -0.333. The number of methoxy groups -OCH3 is 1. The third kappa shape index (κ3) is 10.9. The van der Waals surface area contributed by atoms with Gasteiger partial charge in [-0.05, 0) is 72.2 Å². The highest BCUT2D eigenvalue weighted by Crippen LogP contribution is 2.40.